The normalized spacial score (nSPS) is 19.1. The lowest BCUT2D eigenvalue weighted by molar-refractivity contribution is -0.453. The predicted molar refractivity (Wildman–Crippen MR) is 244 cm³/mol. The van der Waals surface area contributed by atoms with Gasteiger partial charge < -0.3 is 25.0 Å². The Labute approximate surface area is 370 Å². The van der Waals surface area contributed by atoms with Crippen molar-refractivity contribution >= 4 is 45.5 Å². The zero-order chi connectivity index (χ0) is 44.6. The minimum absolute atomic E-state index is 0.130. The van der Waals surface area contributed by atoms with Gasteiger partial charge in [-0.15, -0.1) is 0 Å². The van der Waals surface area contributed by atoms with Crippen molar-refractivity contribution in [1.82, 2.24) is 28.8 Å². The van der Waals surface area contributed by atoms with Crippen molar-refractivity contribution < 1.29 is 23.1 Å². The summed E-state index contributed by atoms with van der Waals surface area (Å²) in [7, 11) is 3.77. The average molecular weight is 874 g/mol. The summed E-state index contributed by atoms with van der Waals surface area (Å²) in [5.74, 6) is -0.954. The van der Waals surface area contributed by atoms with Crippen LogP contribution >= 0.6 is 0 Å². The molecule has 16 heteroatoms. The number of piperidine rings is 1. The molecule has 0 aliphatic carbocycles. The van der Waals surface area contributed by atoms with Gasteiger partial charge in [0.05, 0.1) is 16.1 Å². The molecule has 9 rings (SSSR count). The Morgan fingerprint density at radius 2 is 1.67 bits per heavy atom. The molecule has 5 aromatic rings. The summed E-state index contributed by atoms with van der Waals surface area (Å²) in [5.41, 5.74) is 6.93. The van der Waals surface area contributed by atoms with Gasteiger partial charge in [-0.25, -0.2) is 18.6 Å². The molecule has 4 aliphatic heterocycles. The number of likely N-dealkylation sites (tertiary alicyclic amines) is 1. The molecule has 1 unspecified atom stereocenters. The van der Waals surface area contributed by atoms with E-state index in [2.05, 4.69) is 42.1 Å². The second kappa shape index (κ2) is 18.1. The van der Waals surface area contributed by atoms with E-state index in [1.54, 1.807) is 42.2 Å². The number of halogens is 2. The van der Waals surface area contributed by atoms with Crippen molar-refractivity contribution in [2.75, 3.05) is 88.0 Å². The molecule has 0 radical (unpaired) electrons. The second-order valence-electron chi connectivity index (χ2n) is 17.6. The number of carbonyl (C=O) groups excluding carboxylic acids is 2. The summed E-state index contributed by atoms with van der Waals surface area (Å²) >= 11 is 0. The highest BCUT2D eigenvalue weighted by molar-refractivity contribution is 5.95. The van der Waals surface area contributed by atoms with Gasteiger partial charge in [0.2, 0.25) is 6.54 Å². The maximum absolute atomic E-state index is 16.0. The van der Waals surface area contributed by atoms with Crippen LogP contribution in [0.4, 0.5) is 25.8 Å². The van der Waals surface area contributed by atoms with Crippen LogP contribution in [-0.2, 0) is 18.4 Å². The van der Waals surface area contributed by atoms with E-state index in [0.717, 1.165) is 78.3 Å². The number of amides is 2. The average Bonchev–Trinajstić information content (AvgIpc) is 3.79. The van der Waals surface area contributed by atoms with E-state index >= 15 is 8.78 Å². The third kappa shape index (κ3) is 8.68. The Morgan fingerprint density at radius 3 is 2.34 bits per heavy atom. The number of aromatic nitrogens is 3. The summed E-state index contributed by atoms with van der Waals surface area (Å²) in [6.45, 7) is 9.21. The number of anilines is 3. The number of carbonyl (C=O) groups is 2. The van der Waals surface area contributed by atoms with Crippen LogP contribution in [0.5, 0.6) is 0 Å². The fourth-order valence-corrected chi connectivity index (χ4v) is 9.92. The van der Waals surface area contributed by atoms with Crippen LogP contribution < -0.4 is 21.1 Å². The van der Waals surface area contributed by atoms with Crippen LogP contribution in [0.1, 0.15) is 52.9 Å². The van der Waals surface area contributed by atoms with Crippen molar-refractivity contribution in [3.8, 4) is 5.69 Å². The molecule has 4 aliphatic rings. The molecule has 3 saturated heterocycles. The fraction of sp³-hybridized carbons (Fsp3) is 0.417. The Kier molecular flexibility index (Phi) is 12.2. The van der Waals surface area contributed by atoms with Gasteiger partial charge in [-0.05, 0) is 91.8 Å². The van der Waals surface area contributed by atoms with Gasteiger partial charge in [-0.1, -0.05) is 6.08 Å². The highest BCUT2D eigenvalue weighted by Gasteiger charge is 2.41. The number of aryl methyl sites for hydroxylation is 2. The number of pyridine rings is 2. The minimum atomic E-state index is -0.622. The fourth-order valence-electron chi connectivity index (χ4n) is 9.92. The minimum Gasteiger partial charge on any atom is -0.388 e. The maximum Gasteiger partial charge on any atom is 0.455 e. The van der Waals surface area contributed by atoms with Crippen molar-refractivity contribution in [1.29, 1.82) is 0 Å². The number of nitrogens with zero attached hydrogens (tertiary/aromatic N) is 8. The van der Waals surface area contributed by atoms with Gasteiger partial charge in [0.1, 0.15) is 17.3 Å². The molecule has 3 fully saturated rings. The summed E-state index contributed by atoms with van der Waals surface area (Å²) in [4.78, 5) is 63.4. The third-order valence-corrected chi connectivity index (χ3v) is 13.6. The molecule has 0 spiro atoms. The number of hydrogen-bond donors (Lipinski definition) is 2. The van der Waals surface area contributed by atoms with Gasteiger partial charge in [0, 0.05) is 143 Å². The summed E-state index contributed by atoms with van der Waals surface area (Å²) in [6, 6.07) is 14.9. The van der Waals surface area contributed by atoms with Crippen LogP contribution in [0, 0.1) is 29.4 Å². The number of fused-ring (bicyclic) bond motifs is 1. The molecule has 1 atom stereocenters. The Morgan fingerprint density at radius 1 is 0.875 bits per heavy atom. The standard InChI is InChI=1S/C48H54F2N10O4/c1-31-24-34(47(62)58-16-7-32(8-17-58)29-56-20-22-57(23-21-56)43-5-4-36(26-39(43)49)53-41-12-19-60(64)48(41)63)25-40(50)45(31)33-9-14-55(15-10-33)30-37-28-38-42(6-13-52-46(38)54(37)3)59-18-11-35(51-2)27-44(59)61/h4-6,9,11,13,18,24-28,32,41,53H,7-8,10,12,14-17,19-23,29-30H2,1-3H3/p+1. The number of rotatable bonds is 11. The van der Waals surface area contributed by atoms with E-state index in [-0.39, 0.29) is 29.6 Å². The smallest absolute Gasteiger partial charge is 0.388 e. The monoisotopic (exact) mass is 873 g/mol. The van der Waals surface area contributed by atoms with Crippen molar-refractivity contribution in [3.05, 3.63) is 122 Å². The first-order chi connectivity index (χ1) is 30.9. The Bertz CT molecular complexity index is 2690. The zero-order valence-electron chi connectivity index (χ0n) is 36.7. The van der Waals surface area contributed by atoms with Crippen molar-refractivity contribution in [3.63, 3.8) is 0 Å². The van der Waals surface area contributed by atoms with Crippen LogP contribution in [0.3, 0.4) is 0 Å². The summed E-state index contributed by atoms with van der Waals surface area (Å²) < 4.78 is 35.3. The van der Waals surface area contributed by atoms with Gasteiger partial charge >= 0.3 is 5.91 Å². The molecular weight excluding hydrogens is 819 g/mol. The number of benzene rings is 2. The highest BCUT2D eigenvalue weighted by Crippen LogP contribution is 2.32. The first-order valence-corrected chi connectivity index (χ1v) is 22.3. The Hall–Kier alpha value is -6.26. The Balaban J connectivity index is 0.758. The molecule has 0 bridgehead atoms. The van der Waals surface area contributed by atoms with E-state index in [1.165, 1.54) is 12.1 Å². The first kappa shape index (κ1) is 43.0. The molecule has 2 amide bonds. The van der Waals surface area contributed by atoms with Crippen LogP contribution in [-0.4, -0.2) is 124 Å². The lowest BCUT2D eigenvalue weighted by Crippen LogP contribution is -2.49. The molecular formula is C48H55F2N10O4+. The van der Waals surface area contributed by atoms with E-state index < -0.39 is 11.9 Å². The highest BCUT2D eigenvalue weighted by atomic mass is 19.1. The number of nitrogens with one attached hydrogen (secondary N) is 2. The quantitative estimate of drug-likeness (QED) is 0.157. The maximum atomic E-state index is 16.0. The van der Waals surface area contributed by atoms with Crippen molar-refractivity contribution in [2.24, 2.45) is 13.0 Å². The van der Waals surface area contributed by atoms with Gasteiger partial charge in [0.25, 0.3) is 11.5 Å². The van der Waals surface area contributed by atoms with Crippen LogP contribution in [0.25, 0.3) is 22.3 Å². The van der Waals surface area contributed by atoms with E-state index in [1.807, 2.05) is 42.0 Å². The number of hydrogen-bond acceptors (Lipinski definition) is 10. The zero-order valence-corrected chi connectivity index (χ0v) is 36.7. The topological polar surface area (TPSA) is 131 Å². The number of nitroso groups, excluding NO2 is 1. The van der Waals surface area contributed by atoms with Gasteiger partial charge in [-0.2, -0.15) is 0 Å². The molecule has 7 heterocycles. The van der Waals surface area contributed by atoms with E-state index in [0.29, 0.717) is 85.3 Å². The van der Waals surface area contributed by atoms with Crippen LogP contribution in [0.15, 0.2) is 77.9 Å². The lowest BCUT2D eigenvalue weighted by atomic mass is 9.92. The summed E-state index contributed by atoms with van der Waals surface area (Å²) in [5, 5.41) is 6.89. The largest absolute Gasteiger partial charge is 0.455 e. The molecule has 2 aromatic carbocycles. The van der Waals surface area contributed by atoms with Gasteiger partial charge in [0.15, 0.2) is 6.04 Å². The predicted octanol–water partition coefficient (Wildman–Crippen LogP) is 5.81. The molecule has 334 valence electrons. The molecule has 3 aromatic heterocycles. The molecule has 64 heavy (non-hydrogen) atoms. The van der Waals surface area contributed by atoms with Gasteiger partial charge in [-0.3, -0.25) is 24.0 Å². The molecule has 2 N–H and O–H groups in total. The van der Waals surface area contributed by atoms with Crippen LogP contribution in [0.2, 0.25) is 0 Å². The molecule has 0 saturated carbocycles. The van der Waals surface area contributed by atoms with E-state index in [4.69, 9.17) is 0 Å². The SMILES string of the molecule is CNc1ccn(-c2ccnc3c2cc(CN2CC=C(c4c(C)cc(C(=O)N5CCC(CN6CCN(c7ccc(NC8CC[N+](=O)C8=O)cc7F)CC6)CC5)cc4F)CC2)n3C)c(=O)c1. The summed E-state index contributed by atoms with van der Waals surface area (Å²) in [6.07, 6.45) is 8.40. The first-order valence-electron chi connectivity index (χ1n) is 22.3. The van der Waals surface area contributed by atoms with E-state index in [9.17, 15) is 19.3 Å². The molecule has 14 nitrogen and oxygen atoms in total. The number of piperazine rings is 1. The third-order valence-electron chi connectivity index (χ3n) is 13.6. The lowest BCUT2D eigenvalue weighted by Gasteiger charge is -2.39. The van der Waals surface area contributed by atoms with Crippen molar-refractivity contribution in [2.45, 2.75) is 45.2 Å². The second-order valence-corrected chi connectivity index (χ2v) is 17.6.